The summed E-state index contributed by atoms with van der Waals surface area (Å²) in [5.41, 5.74) is 0.0586. The molecule has 2 rings (SSSR count). The Morgan fingerprint density at radius 1 is 1.24 bits per heavy atom. The molecular weight excluding hydrogens is 232 g/mol. The van der Waals surface area contributed by atoms with Gasteiger partial charge in [0.1, 0.15) is 0 Å². The topological polar surface area (TPSA) is 34.0 Å². The lowest BCUT2D eigenvalue weighted by molar-refractivity contribution is 0.598. The van der Waals surface area contributed by atoms with Crippen LogP contribution in [0, 0.1) is 6.92 Å². The van der Waals surface area contributed by atoms with E-state index in [-0.39, 0.29) is 5.43 Å². The number of aryl methyl sites for hydroxylation is 1. The zero-order chi connectivity index (χ0) is 12.1. The molecule has 0 saturated heterocycles. The third-order valence-electron chi connectivity index (χ3n) is 2.50. The Bertz CT molecular complexity index is 510. The van der Waals surface area contributed by atoms with Crippen LogP contribution in [-0.2, 0) is 13.1 Å². The first-order valence-corrected chi connectivity index (χ1v) is 6.48. The highest BCUT2D eigenvalue weighted by Crippen LogP contribution is 2.14. The van der Waals surface area contributed by atoms with Crippen molar-refractivity contribution in [2.75, 3.05) is 6.54 Å². The number of rotatable bonds is 5. The molecule has 0 fully saturated rings. The van der Waals surface area contributed by atoms with Crippen LogP contribution in [-0.4, -0.2) is 11.1 Å². The lowest BCUT2D eigenvalue weighted by atomic mass is 10.4. The maximum atomic E-state index is 10.9. The maximum Gasteiger partial charge on any atom is 0.181 e. The highest BCUT2D eigenvalue weighted by atomic mass is 32.1. The number of thiophene rings is 1. The van der Waals surface area contributed by atoms with Crippen LogP contribution in [0.2, 0.25) is 0 Å². The minimum atomic E-state index is 0.0586. The maximum absolute atomic E-state index is 10.9. The largest absolute Gasteiger partial charge is 0.353 e. The number of hydrogen-bond acceptors (Lipinski definition) is 3. The fourth-order valence-electron chi connectivity index (χ4n) is 1.59. The zero-order valence-electron chi connectivity index (χ0n) is 9.85. The number of nitrogens with one attached hydrogen (secondary N) is 1. The minimum Gasteiger partial charge on any atom is -0.353 e. The predicted octanol–water partition coefficient (Wildman–Crippen LogP) is 2.01. The van der Waals surface area contributed by atoms with Crippen molar-refractivity contribution in [2.24, 2.45) is 0 Å². The molecule has 0 bridgehead atoms. The first-order chi connectivity index (χ1) is 8.24. The summed E-state index contributed by atoms with van der Waals surface area (Å²) >= 11 is 1.83. The average molecular weight is 248 g/mol. The summed E-state index contributed by atoms with van der Waals surface area (Å²) in [7, 11) is 0. The van der Waals surface area contributed by atoms with Crippen LogP contribution < -0.4 is 10.7 Å². The van der Waals surface area contributed by atoms with Gasteiger partial charge in [0.2, 0.25) is 0 Å². The van der Waals surface area contributed by atoms with Gasteiger partial charge >= 0.3 is 0 Å². The van der Waals surface area contributed by atoms with Crippen LogP contribution in [0.5, 0.6) is 0 Å². The molecule has 2 aromatic heterocycles. The highest BCUT2D eigenvalue weighted by Gasteiger charge is 1.95. The molecule has 4 heteroatoms. The molecule has 0 aliphatic rings. The molecule has 3 nitrogen and oxygen atoms in total. The van der Waals surface area contributed by atoms with Gasteiger partial charge in [0.25, 0.3) is 0 Å². The van der Waals surface area contributed by atoms with Crippen molar-refractivity contribution in [2.45, 2.75) is 20.0 Å². The number of pyridine rings is 1. The third-order valence-corrected chi connectivity index (χ3v) is 3.50. The standard InChI is InChI=1S/C13H16N2OS/c1-11-2-3-13(17-11)10-14-6-9-15-7-4-12(16)5-8-15/h2-5,7-8,14H,6,9-10H2,1H3. The van der Waals surface area contributed by atoms with Crippen molar-refractivity contribution in [3.8, 4) is 0 Å². The molecule has 90 valence electrons. The van der Waals surface area contributed by atoms with E-state index in [1.165, 1.54) is 9.75 Å². The monoisotopic (exact) mass is 248 g/mol. The molecular formula is C13H16N2OS. The Balaban J connectivity index is 1.73. The van der Waals surface area contributed by atoms with E-state index in [4.69, 9.17) is 0 Å². The SMILES string of the molecule is Cc1ccc(CNCCn2ccc(=O)cc2)s1. The average Bonchev–Trinajstić information content (AvgIpc) is 2.73. The number of aromatic nitrogens is 1. The highest BCUT2D eigenvalue weighted by molar-refractivity contribution is 7.11. The van der Waals surface area contributed by atoms with Crippen molar-refractivity contribution < 1.29 is 0 Å². The molecule has 0 saturated carbocycles. The van der Waals surface area contributed by atoms with E-state index >= 15 is 0 Å². The van der Waals surface area contributed by atoms with E-state index in [2.05, 4.69) is 24.4 Å². The summed E-state index contributed by atoms with van der Waals surface area (Å²) in [6.45, 7) is 4.82. The summed E-state index contributed by atoms with van der Waals surface area (Å²) in [4.78, 5) is 13.6. The molecule has 0 aliphatic heterocycles. The Kier molecular flexibility index (Phi) is 4.12. The Morgan fingerprint density at radius 3 is 2.65 bits per heavy atom. The van der Waals surface area contributed by atoms with Crippen LogP contribution in [0.3, 0.4) is 0 Å². The first kappa shape index (κ1) is 12.1. The summed E-state index contributed by atoms with van der Waals surface area (Å²) in [6, 6.07) is 7.47. The summed E-state index contributed by atoms with van der Waals surface area (Å²) in [5, 5.41) is 3.39. The van der Waals surface area contributed by atoms with Gasteiger partial charge in [-0.05, 0) is 19.1 Å². The lowest BCUT2D eigenvalue weighted by Gasteiger charge is -2.06. The van der Waals surface area contributed by atoms with E-state index in [1.807, 2.05) is 28.3 Å². The zero-order valence-corrected chi connectivity index (χ0v) is 10.7. The van der Waals surface area contributed by atoms with Gasteiger partial charge in [0.05, 0.1) is 0 Å². The molecule has 2 aromatic rings. The van der Waals surface area contributed by atoms with Crippen LogP contribution in [0.25, 0.3) is 0 Å². The van der Waals surface area contributed by atoms with Gasteiger partial charge in [-0.25, -0.2) is 0 Å². The molecule has 0 atom stereocenters. The van der Waals surface area contributed by atoms with Crippen LogP contribution in [0.4, 0.5) is 0 Å². The van der Waals surface area contributed by atoms with Gasteiger partial charge in [-0.3, -0.25) is 4.79 Å². The predicted molar refractivity (Wildman–Crippen MR) is 71.5 cm³/mol. The van der Waals surface area contributed by atoms with E-state index in [9.17, 15) is 4.79 Å². The number of hydrogen-bond donors (Lipinski definition) is 1. The van der Waals surface area contributed by atoms with Crippen molar-refractivity contribution in [1.29, 1.82) is 0 Å². The summed E-state index contributed by atoms with van der Waals surface area (Å²) < 4.78 is 2.01. The minimum absolute atomic E-state index is 0.0586. The van der Waals surface area contributed by atoms with Crippen molar-refractivity contribution in [3.05, 3.63) is 56.6 Å². The van der Waals surface area contributed by atoms with Gasteiger partial charge in [-0.15, -0.1) is 11.3 Å². The van der Waals surface area contributed by atoms with Crippen molar-refractivity contribution in [1.82, 2.24) is 9.88 Å². The van der Waals surface area contributed by atoms with Gasteiger partial charge in [-0.1, -0.05) is 0 Å². The fourth-order valence-corrected chi connectivity index (χ4v) is 2.45. The van der Waals surface area contributed by atoms with Gasteiger partial charge in [0.15, 0.2) is 5.43 Å². The van der Waals surface area contributed by atoms with E-state index in [0.29, 0.717) is 0 Å². The second-order valence-corrected chi connectivity index (χ2v) is 5.33. The molecule has 0 unspecified atom stereocenters. The second-order valence-electron chi connectivity index (χ2n) is 3.96. The Hall–Kier alpha value is -1.39. The molecule has 0 radical (unpaired) electrons. The molecule has 0 aromatic carbocycles. The van der Waals surface area contributed by atoms with Crippen LogP contribution in [0.1, 0.15) is 9.75 Å². The molecule has 0 amide bonds. The van der Waals surface area contributed by atoms with E-state index in [1.54, 1.807) is 12.1 Å². The smallest absolute Gasteiger partial charge is 0.181 e. The Labute approximate surface area is 105 Å². The van der Waals surface area contributed by atoms with Crippen LogP contribution in [0.15, 0.2) is 41.5 Å². The van der Waals surface area contributed by atoms with Crippen molar-refractivity contribution >= 4 is 11.3 Å². The first-order valence-electron chi connectivity index (χ1n) is 5.66. The third kappa shape index (κ3) is 3.84. The molecule has 0 aliphatic carbocycles. The van der Waals surface area contributed by atoms with Gasteiger partial charge in [0, 0.05) is 53.9 Å². The fraction of sp³-hybridized carbons (Fsp3) is 0.308. The molecule has 1 N–H and O–H groups in total. The normalized spacial score (nSPS) is 10.6. The Morgan fingerprint density at radius 2 is 2.00 bits per heavy atom. The summed E-state index contributed by atoms with van der Waals surface area (Å²) in [6.07, 6.45) is 3.64. The van der Waals surface area contributed by atoms with Crippen LogP contribution >= 0.6 is 11.3 Å². The molecule has 0 spiro atoms. The van der Waals surface area contributed by atoms with Gasteiger partial charge < -0.3 is 9.88 Å². The molecule has 17 heavy (non-hydrogen) atoms. The van der Waals surface area contributed by atoms with Gasteiger partial charge in [-0.2, -0.15) is 0 Å². The number of nitrogens with zero attached hydrogens (tertiary/aromatic N) is 1. The van der Waals surface area contributed by atoms with Crippen molar-refractivity contribution in [3.63, 3.8) is 0 Å². The second kappa shape index (κ2) is 5.80. The van der Waals surface area contributed by atoms with E-state index in [0.717, 1.165) is 19.6 Å². The quantitative estimate of drug-likeness (QED) is 0.821. The summed E-state index contributed by atoms with van der Waals surface area (Å²) in [5.74, 6) is 0. The molecule has 2 heterocycles. The lowest BCUT2D eigenvalue weighted by Crippen LogP contribution is -2.19. The van der Waals surface area contributed by atoms with E-state index < -0.39 is 0 Å².